The van der Waals surface area contributed by atoms with Crippen LogP contribution in [0.15, 0.2) is 36.5 Å². The first kappa shape index (κ1) is 30.5. The van der Waals surface area contributed by atoms with E-state index < -0.39 is 74.0 Å². The molecule has 0 aliphatic heterocycles. The van der Waals surface area contributed by atoms with Gasteiger partial charge in [-0.1, -0.05) is 0 Å². The van der Waals surface area contributed by atoms with Gasteiger partial charge in [0.1, 0.15) is 5.82 Å². The molecule has 0 saturated carbocycles. The third-order valence-corrected chi connectivity index (χ3v) is 6.79. The van der Waals surface area contributed by atoms with Crippen LogP contribution < -0.4 is 25.6 Å². The van der Waals surface area contributed by atoms with Crippen molar-refractivity contribution in [3.05, 3.63) is 80.1 Å². The summed E-state index contributed by atoms with van der Waals surface area (Å²) in [7, 11) is -3.02. The molecule has 15 heteroatoms. The lowest BCUT2D eigenvalue weighted by Crippen LogP contribution is -2.48. The molecule has 1 amide bonds. The molecule has 0 aliphatic rings. The highest BCUT2D eigenvalue weighted by Gasteiger charge is 2.26. The molecule has 0 spiro atoms. The minimum Gasteiger partial charge on any atom is -0.350 e. The Kier molecular flexibility index (Phi) is 9.40. The number of carbonyl (C=O) groups is 1. The van der Waals surface area contributed by atoms with E-state index >= 15 is 13.2 Å². The highest BCUT2D eigenvalue weighted by atomic mass is 127. The van der Waals surface area contributed by atoms with E-state index in [-0.39, 0.29) is 11.3 Å². The maximum absolute atomic E-state index is 15.4. The zero-order valence-corrected chi connectivity index (χ0v) is 24.1. The number of amides is 1. The van der Waals surface area contributed by atoms with Crippen molar-refractivity contribution in [1.29, 1.82) is 0 Å². The van der Waals surface area contributed by atoms with Gasteiger partial charge < -0.3 is 5.32 Å². The van der Waals surface area contributed by atoms with Crippen molar-refractivity contribution in [3.8, 4) is 0 Å². The van der Waals surface area contributed by atoms with E-state index in [9.17, 15) is 17.6 Å². The minimum absolute atomic E-state index is 0.207. The predicted octanol–water partition coefficient (Wildman–Crippen LogP) is 4.49. The van der Waals surface area contributed by atoms with Crippen molar-refractivity contribution in [2.45, 2.75) is 32.7 Å². The zero-order chi connectivity index (χ0) is 29.1. The number of aromatic nitrogens is 1. The van der Waals surface area contributed by atoms with Crippen molar-refractivity contribution in [3.63, 3.8) is 0 Å². The molecule has 3 aromatic rings. The van der Waals surface area contributed by atoms with Crippen LogP contribution in [0.1, 0.15) is 42.3 Å². The molecule has 210 valence electrons. The van der Waals surface area contributed by atoms with Crippen molar-refractivity contribution in [2.24, 2.45) is 0 Å². The van der Waals surface area contributed by atoms with Crippen molar-refractivity contribution in [2.75, 3.05) is 17.1 Å². The average molecular weight is 680 g/mol. The van der Waals surface area contributed by atoms with Gasteiger partial charge in [-0.05, 0) is 84.8 Å². The zero-order valence-electron chi connectivity index (χ0n) is 21.1. The third kappa shape index (κ3) is 7.77. The number of hydrazine groups is 1. The van der Waals surface area contributed by atoms with Crippen molar-refractivity contribution >= 4 is 55.9 Å². The summed E-state index contributed by atoms with van der Waals surface area (Å²) in [5, 5.41) is 2.45. The minimum atomic E-state index is -4.11. The number of nitrogens with zero attached hydrogens (tertiary/aromatic N) is 1. The number of rotatable bonds is 9. The monoisotopic (exact) mass is 680 g/mol. The third-order valence-electron chi connectivity index (χ3n) is 5.12. The summed E-state index contributed by atoms with van der Waals surface area (Å²) in [6, 6.07) is 6.15. The lowest BCUT2D eigenvalue weighted by Gasteiger charge is -2.22. The van der Waals surface area contributed by atoms with E-state index in [1.807, 2.05) is 32.0 Å². The number of anilines is 3. The molecule has 0 saturated heterocycles. The number of halogens is 5. The van der Waals surface area contributed by atoms with Gasteiger partial charge in [-0.15, -0.1) is 0 Å². The van der Waals surface area contributed by atoms with Crippen LogP contribution in [0, 0.1) is 26.8 Å². The van der Waals surface area contributed by atoms with Gasteiger partial charge in [-0.3, -0.25) is 14.9 Å². The summed E-state index contributed by atoms with van der Waals surface area (Å²) in [5.74, 6) is -6.35. The summed E-state index contributed by atoms with van der Waals surface area (Å²) in [6.07, 6.45) is 0.507. The molecule has 1 aromatic heterocycles. The number of hydrogen-bond acceptors (Lipinski definition) is 6. The number of pyridine rings is 1. The molecule has 5 N–H and O–H groups in total. The Balaban J connectivity index is 2.09. The Morgan fingerprint density at radius 2 is 1.69 bits per heavy atom. The van der Waals surface area contributed by atoms with E-state index in [4.69, 9.17) is 0 Å². The first-order valence-corrected chi connectivity index (χ1v) is 13.8. The summed E-state index contributed by atoms with van der Waals surface area (Å²) in [5.41, 5.74) is 2.62. The normalized spacial score (nSPS) is 11.8. The SMILES string of the molecule is CNS(=O)(=O)Nc1nccc(Cc2cc(C(=O)NNC(C)(C)C)c(Nc3ccc(I)cc3F)c(F)c2F)c1F. The second kappa shape index (κ2) is 12.0. The first-order valence-electron chi connectivity index (χ1n) is 11.3. The summed E-state index contributed by atoms with van der Waals surface area (Å²) in [4.78, 5) is 16.7. The Labute approximate surface area is 236 Å². The largest absolute Gasteiger partial charge is 0.350 e. The molecule has 0 unspecified atom stereocenters. The van der Waals surface area contributed by atoms with Crippen LogP contribution >= 0.6 is 22.6 Å². The molecule has 0 radical (unpaired) electrons. The van der Waals surface area contributed by atoms with Crippen LogP contribution in [-0.2, 0) is 16.6 Å². The van der Waals surface area contributed by atoms with Gasteiger partial charge in [-0.2, -0.15) is 8.42 Å². The van der Waals surface area contributed by atoms with E-state index in [0.717, 1.165) is 25.4 Å². The molecule has 2 aromatic carbocycles. The number of carbonyl (C=O) groups excluding carboxylic acids is 1. The highest BCUT2D eigenvalue weighted by molar-refractivity contribution is 14.1. The number of nitrogens with one attached hydrogen (secondary N) is 5. The molecular weight excluding hydrogens is 655 g/mol. The Morgan fingerprint density at radius 1 is 1.00 bits per heavy atom. The molecule has 0 aliphatic carbocycles. The molecule has 3 rings (SSSR count). The molecule has 39 heavy (non-hydrogen) atoms. The molecule has 0 atom stereocenters. The van der Waals surface area contributed by atoms with Gasteiger partial charge >= 0.3 is 0 Å². The van der Waals surface area contributed by atoms with Crippen molar-refractivity contribution < 1.29 is 30.8 Å². The molecule has 0 fully saturated rings. The van der Waals surface area contributed by atoms with Crippen LogP contribution in [0.2, 0.25) is 0 Å². The van der Waals surface area contributed by atoms with Crippen LogP contribution in [-0.4, -0.2) is 31.9 Å². The summed E-state index contributed by atoms with van der Waals surface area (Å²) in [6.45, 7) is 5.24. The van der Waals surface area contributed by atoms with Crippen molar-refractivity contribution in [1.82, 2.24) is 20.6 Å². The molecule has 9 nitrogen and oxygen atoms in total. The average Bonchev–Trinajstić information content (AvgIpc) is 2.85. The van der Waals surface area contributed by atoms with Gasteiger partial charge in [-0.25, -0.2) is 32.7 Å². The van der Waals surface area contributed by atoms with E-state index in [1.165, 1.54) is 18.2 Å². The van der Waals surface area contributed by atoms with Gasteiger partial charge in [0.2, 0.25) is 0 Å². The quantitative estimate of drug-likeness (QED) is 0.129. The lowest BCUT2D eigenvalue weighted by molar-refractivity contribution is 0.0914. The fourth-order valence-corrected chi connectivity index (χ4v) is 4.17. The fourth-order valence-electron chi connectivity index (χ4n) is 3.22. The van der Waals surface area contributed by atoms with Gasteiger partial charge in [0.25, 0.3) is 16.1 Å². The topological polar surface area (TPSA) is 124 Å². The fraction of sp³-hybridized carbons (Fsp3) is 0.250. The van der Waals surface area contributed by atoms with E-state index in [1.54, 1.807) is 20.8 Å². The summed E-state index contributed by atoms with van der Waals surface area (Å²) >= 11 is 1.88. The van der Waals surface area contributed by atoms with Crippen LogP contribution in [0.25, 0.3) is 0 Å². The second-order valence-electron chi connectivity index (χ2n) is 9.28. The predicted molar refractivity (Wildman–Crippen MR) is 148 cm³/mol. The van der Waals surface area contributed by atoms with Gasteiger partial charge in [0.05, 0.1) is 16.9 Å². The van der Waals surface area contributed by atoms with E-state index in [0.29, 0.717) is 3.57 Å². The Morgan fingerprint density at radius 3 is 2.31 bits per heavy atom. The number of benzene rings is 2. The maximum Gasteiger partial charge on any atom is 0.300 e. The Hall–Kier alpha value is -3.02. The molecule has 1 heterocycles. The highest BCUT2D eigenvalue weighted by Crippen LogP contribution is 2.32. The van der Waals surface area contributed by atoms with Gasteiger partial charge in [0, 0.05) is 28.8 Å². The second-order valence-corrected chi connectivity index (χ2v) is 12.1. The van der Waals surface area contributed by atoms with Gasteiger partial charge in [0.15, 0.2) is 23.3 Å². The lowest BCUT2D eigenvalue weighted by atomic mass is 9.99. The maximum atomic E-state index is 15.4. The van der Waals surface area contributed by atoms with Crippen LogP contribution in [0.4, 0.5) is 34.8 Å². The first-order chi connectivity index (χ1) is 18.1. The van der Waals surface area contributed by atoms with Crippen LogP contribution in [0.3, 0.4) is 0 Å². The molecular formula is C24H25F4IN6O3S. The smallest absolute Gasteiger partial charge is 0.300 e. The van der Waals surface area contributed by atoms with Crippen LogP contribution in [0.5, 0.6) is 0 Å². The standard InChI is InChI=1S/C24H25F4IN6O3S/c1-24(2,3)35-33-23(36)15-10-13(9-12-7-8-31-22(19(12)27)34-39(37,38)30-4)18(26)20(28)21(15)32-17-6-5-14(29)11-16(17)25/h5-8,10-11,30,32,35H,9H2,1-4H3,(H,31,34)(H,33,36). The Bertz CT molecular complexity index is 1520. The number of hydrogen-bond donors (Lipinski definition) is 5. The summed E-state index contributed by atoms with van der Waals surface area (Å²) < 4.78 is 88.1. The van der Waals surface area contributed by atoms with E-state index in [2.05, 4.69) is 21.2 Å². The molecule has 0 bridgehead atoms.